The second kappa shape index (κ2) is 9.30. The predicted molar refractivity (Wildman–Crippen MR) is 133 cm³/mol. The fourth-order valence-corrected chi connectivity index (χ4v) is 9.03. The second-order valence-corrected chi connectivity index (χ2v) is 12.6. The Labute approximate surface area is 200 Å². The third-order valence-electron chi connectivity index (χ3n) is 4.92. The molecule has 0 amide bonds. The van der Waals surface area contributed by atoms with Crippen LogP contribution in [0.25, 0.3) is 0 Å². The summed E-state index contributed by atoms with van der Waals surface area (Å²) in [4.78, 5) is 2.45. The van der Waals surface area contributed by atoms with Crippen LogP contribution in [-0.2, 0) is 10.1 Å². The summed E-state index contributed by atoms with van der Waals surface area (Å²) in [7, 11) is -6.57. The van der Waals surface area contributed by atoms with Gasteiger partial charge in [-0.1, -0.05) is 59.1 Å². The molecule has 4 rings (SSSR count). The fraction of sp³-hybridized carbons (Fsp3) is 0.0400. The van der Waals surface area contributed by atoms with Crippen LogP contribution in [0.2, 0.25) is 10.0 Å². The summed E-state index contributed by atoms with van der Waals surface area (Å²) in [6.07, 6.45) is 0. The van der Waals surface area contributed by atoms with E-state index in [1.807, 2.05) is 61.5 Å². The first-order valence-corrected chi connectivity index (χ1v) is 13.6. The van der Waals surface area contributed by atoms with Crippen molar-refractivity contribution in [2.24, 2.45) is 0 Å². The Morgan fingerprint density at radius 2 is 0.969 bits per heavy atom. The van der Waals surface area contributed by atoms with Gasteiger partial charge in [-0.3, -0.25) is 3.63 Å². The van der Waals surface area contributed by atoms with Crippen LogP contribution in [0, 0.1) is 6.92 Å². The van der Waals surface area contributed by atoms with E-state index in [1.54, 1.807) is 48.5 Å². The highest BCUT2D eigenvalue weighted by Crippen LogP contribution is 2.68. The normalized spacial score (nSPS) is 12.5. The van der Waals surface area contributed by atoms with Crippen molar-refractivity contribution in [3.8, 4) is 0 Å². The summed E-state index contributed by atoms with van der Waals surface area (Å²) in [6, 6.07) is 30.6. The standard InChI is InChI=1S/C25H20Cl2O3S2/c1-19-7-13-25(14-8-19)32(28,29)30-31(22-5-3-2-4-6-22,23-15-9-20(26)10-16-23)24-17-11-21(27)12-18-24/h2-18H,1H3/p+1. The lowest BCUT2D eigenvalue weighted by Crippen LogP contribution is -2.18. The third-order valence-corrected chi connectivity index (χ3v) is 10.8. The fourth-order valence-electron chi connectivity index (χ4n) is 3.32. The van der Waals surface area contributed by atoms with Crippen molar-refractivity contribution in [1.29, 1.82) is 0 Å². The summed E-state index contributed by atoms with van der Waals surface area (Å²) >= 11 is 12.3. The van der Waals surface area contributed by atoms with E-state index in [-0.39, 0.29) is 4.90 Å². The molecule has 0 bridgehead atoms. The Hall–Kier alpha value is -2.28. The molecule has 3 nitrogen and oxygen atoms in total. The van der Waals surface area contributed by atoms with Gasteiger partial charge in [0.2, 0.25) is 0 Å². The maximum absolute atomic E-state index is 13.6. The molecule has 0 radical (unpaired) electrons. The third kappa shape index (κ3) is 4.58. The minimum atomic E-state index is -4.00. The summed E-state index contributed by atoms with van der Waals surface area (Å²) in [6.45, 7) is 1.91. The van der Waals surface area contributed by atoms with Gasteiger partial charge in [-0.2, -0.15) is 0 Å². The van der Waals surface area contributed by atoms with E-state index in [4.69, 9.17) is 23.2 Å². The first kappa shape index (κ1) is 22.9. The molecule has 0 aromatic heterocycles. The van der Waals surface area contributed by atoms with Crippen molar-refractivity contribution in [3.05, 3.63) is 119 Å². The van der Waals surface area contributed by atoms with E-state index in [2.05, 4.69) is 3.63 Å². The highest BCUT2D eigenvalue weighted by Gasteiger charge is 2.43. The smallest absolute Gasteiger partial charge is 0.258 e. The molecule has 32 heavy (non-hydrogen) atoms. The number of benzene rings is 4. The van der Waals surface area contributed by atoms with Gasteiger partial charge in [-0.25, -0.2) is 0 Å². The molecule has 1 N–H and O–H groups in total. The second-order valence-electron chi connectivity index (χ2n) is 7.16. The average Bonchev–Trinajstić information content (AvgIpc) is 2.79. The summed E-state index contributed by atoms with van der Waals surface area (Å²) in [5.74, 6) is 0. The van der Waals surface area contributed by atoms with Crippen LogP contribution in [0.5, 0.6) is 0 Å². The van der Waals surface area contributed by atoms with Crippen molar-refractivity contribution >= 4 is 43.6 Å². The molecule has 0 aliphatic carbocycles. The van der Waals surface area contributed by atoms with Crippen molar-refractivity contribution in [1.82, 2.24) is 0 Å². The maximum atomic E-state index is 13.6. The number of hydrogen-bond acceptors (Lipinski definition) is 2. The molecule has 0 atom stereocenters. The van der Waals surface area contributed by atoms with Crippen molar-refractivity contribution in [2.75, 3.05) is 0 Å². The zero-order valence-corrected chi connectivity index (χ0v) is 20.3. The van der Waals surface area contributed by atoms with E-state index in [1.165, 1.54) is 0 Å². The lowest BCUT2D eigenvalue weighted by atomic mass is 10.2. The molecule has 164 valence electrons. The Morgan fingerprint density at radius 3 is 1.44 bits per heavy atom. The van der Waals surface area contributed by atoms with Crippen LogP contribution in [0.15, 0.2) is 123 Å². The minimum absolute atomic E-state index is 0.152. The monoisotopic (exact) mass is 503 g/mol. The molecule has 4 aromatic rings. The van der Waals surface area contributed by atoms with Crippen LogP contribution >= 0.6 is 33.5 Å². The Balaban J connectivity index is 2.01. The van der Waals surface area contributed by atoms with Gasteiger partial charge in [0.05, 0.1) is 25.0 Å². The highest BCUT2D eigenvalue weighted by molar-refractivity contribution is 8.32. The minimum Gasteiger partial charge on any atom is -0.258 e. The molecule has 0 saturated carbocycles. The van der Waals surface area contributed by atoms with Gasteiger partial charge < -0.3 is 0 Å². The largest absolute Gasteiger partial charge is 0.422 e. The van der Waals surface area contributed by atoms with Crippen molar-refractivity contribution < 1.29 is 12.0 Å². The molecular formula is C25H21Cl2O3S2+. The van der Waals surface area contributed by atoms with E-state index in [0.717, 1.165) is 20.2 Å². The van der Waals surface area contributed by atoms with Crippen molar-refractivity contribution in [3.63, 3.8) is 0 Å². The molecule has 0 saturated heterocycles. The van der Waals surface area contributed by atoms with Gasteiger partial charge in [0.15, 0.2) is 0 Å². The van der Waals surface area contributed by atoms with Gasteiger partial charge in [0.25, 0.3) is 0 Å². The first-order chi connectivity index (χ1) is 15.3. The summed E-state index contributed by atoms with van der Waals surface area (Å²) in [5.41, 5.74) is 0.973. The highest BCUT2D eigenvalue weighted by atomic mass is 35.5. The molecule has 0 heterocycles. The Kier molecular flexibility index (Phi) is 6.65. The topological polar surface area (TPSA) is 46.9 Å². The number of halogens is 2. The summed E-state index contributed by atoms with van der Waals surface area (Å²) < 4.78 is 31.9. The predicted octanol–water partition coefficient (Wildman–Crippen LogP) is 7.98. The van der Waals surface area contributed by atoms with Gasteiger partial charge in [-0.05, 0) is 79.7 Å². The molecule has 0 aliphatic heterocycles. The van der Waals surface area contributed by atoms with Crippen LogP contribution in [0.3, 0.4) is 0 Å². The molecule has 0 spiro atoms. The number of rotatable bonds is 6. The quantitative estimate of drug-likeness (QED) is 0.197. The molecule has 4 aromatic carbocycles. The van der Waals surface area contributed by atoms with E-state index < -0.39 is 20.4 Å². The summed E-state index contributed by atoms with van der Waals surface area (Å²) in [5, 5.41) is 1.13. The SMILES string of the molecule is Cc1ccc(S(=O)(=O)[OH+]S(c2ccccc2)(c2ccc(Cl)cc2)c2ccc(Cl)cc2)cc1. The van der Waals surface area contributed by atoms with Gasteiger partial charge in [-0.15, -0.1) is 8.42 Å². The Morgan fingerprint density at radius 1 is 0.562 bits per heavy atom. The van der Waals surface area contributed by atoms with Crippen LogP contribution in [0.1, 0.15) is 5.56 Å². The van der Waals surface area contributed by atoms with Crippen LogP contribution < -0.4 is 0 Å². The lowest BCUT2D eigenvalue weighted by molar-refractivity contribution is 0.387. The molecule has 0 aliphatic rings. The zero-order valence-electron chi connectivity index (χ0n) is 17.2. The Bertz CT molecular complexity index is 1260. The van der Waals surface area contributed by atoms with Gasteiger partial charge in [0, 0.05) is 10.0 Å². The molecular weight excluding hydrogens is 483 g/mol. The average molecular weight is 504 g/mol. The molecule has 0 fully saturated rings. The van der Waals surface area contributed by atoms with Gasteiger partial charge >= 0.3 is 10.1 Å². The van der Waals surface area contributed by atoms with Crippen LogP contribution in [-0.4, -0.2) is 12.0 Å². The van der Waals surface area contributed by atoms with Crippen molar-refractivity contribution in [2.45, 2.75) is 26.5 Å². The first-order valence-electron chi connectivity index (χ1n) is 9.77. The lowest BCUT2D eigenvalue weighted by Gasteiger charge is -2.34. The van der Waals surface area contributed by atoms with E-state index in [0.29, 0.717) is 10.0 Å². The maximum Gasteiger partial charge on any atom is 0.422 e. The molecule has 7 heteroatoms. The number of hydrogen-bond donors (Lipinski definition) is 0. The zero-order chi connectivity index (χ0) is 22.8. The van der Waals surface area contributed by atoms with E-state index >= 15 is 0 Å². The van der Waals surface area contributed by atoms with Crippen LogP contribution in [0.4, 0.5) is 0 Å². The molecule has 0 unspecified atom stereocenters. The van der Waals surface area contributed by atoms with E-state index in [9.17, 15) is 8.42 Å². The number of aryl methyl sites for hydroxylation is 1. The van der Waals surface area contributed by atoms with Gasteiger partial charge in [0.1, 0.15) is 4.90 Å².